The number of hydrogen-bond acceptors (Lipinski definition) is 4. The molecule has 0 bridgehead atoms. The maximum Gasteiger partial charge on any atom is 0.252 e. The monoisotopic (exact) mass is 266 g/mol. The Hall–Kier alpha value is -1.46. The van der Waals surface area contributed by atoms with E-state index < -0.39 is 6.10 Å². The van der Waals surface area contributed by atoms with Crippen molar-refractivity contribution in [3.05, 3.63) is 29.6 Å². The molecule has 1 aromatic rings. The number of methoxy groups -OCH3 is 1. The molecule has 0 aliphatic heterocycles. The van der Waals surface area contributed by atoms with Gasteiger partial charge in [-0.05, 0) is 24.5 Å². The first-order valence-corrected chi connectivity index (χ1v) is 6.45. The number of aliphatic hydroxyl groups excluding tert-OH is 1. The van der Waals surface area contributed by atoms with E-state index in [0.717, 1.165) is 5.69 Å². The van der Waals surface area contributed by atoms with Gasteiger partial charge in [-0.2, -0.15) is 0 Å². The van der Waals surface area contributed by atoms with Crippen molar-refractivity contribution in [2.75, 3.05) is 20.3 Å². The topological polar surface area (TPSA) is 71.5 Å². The highest BCUT2D eigenvalue weighted by atomic mass is 16.5. The number of carbonyl (C=O) groups excluding carboxylic acids is 1. The second-order valence-corrected chi connectivity index (χ2v) is 4.78. The lowest BCUT2D eigenvalue weighted by atomic mass is 10.1. The number of rotatable bonds is 7. The van der Waals surface area contributed by atoms with Crippen molar-refractivity contribution >= 4 is 5.91 Å². The van der Waals surface area contributed by atoms with Gasteiger partial charge >= 0.3 is 0 Å². The quantitative estimate of drug-likeness (QED) is 0.781. The molecule has 0 saturated carbocycles. The summed E-state index contributed by atoms with van der Waals surface area (Å²) in [6.45, 7) is 4.80. The molecule has 0 spiro atoms. The van der Waals surface area contributed by atoms with Crippen LogP contribution < -0.4 is 5.32 Å². The molecule has 0 aliphatic carbocycles. The minimum Gasteiger partial charge on any atom is -0.391 e. The molecule has 5 heteroatoms. The van der Waals surface area contributed by atoms with Gasteiger partial charge in [-0.25, -0.2) is 0 Å². The van der Waals surface area contributed by atoms with Crippen molar-refractivity contribution in [2.45, 2.75) is 32.3 Å². The third-order valence-corrected chi connectivity index (χ3v) is 2.76. The minimum absolute atomic E-state index is 0.174. The Morgan fingerprint density at radius 2 is 2.21 bits per heavy atom. The molecule has 5 nitrogen and oxygen atoms in total. The van der Waals surface area contributed by atoms with Crippen molar-refractivity contribution in [1.29, 1.82) is 0 Å². The van der Waals surface area contributed by atoms with Gasteiger partial charge in [-0.3, -0.25) is 9.78 Å². The molecule has 1 atom stereocenters. The van der Waals surface area contributed by atoms with E-state index >= 15 is 0 Å². The first-order chi connectivity index (χ1) is 9.04. The van der Waals surface area contributed by atoms with E-state index in [1.165, 1.54) is 7.11 Å². The van der Waals surface area contributed by atoms with E-state index in [1.807, 2.05) is 6.07 Å². The Morgan fingerprint density at radius 1 is 1.47 bits per heavy atom. The fraction of sp³-hybridized carbons (Fsp3) is 0.571. The lowest BCUT2D eigenvalue weighted by Gasteiger charge is -2.10. The molecule has 0 aromatic carbocycles. The van der Waals surface area contributed by atoms with Crippen LogP contribution in [-0.2, 0) is 4.74 Å². The highest BCUT2D eigenvalue weighted by Crippen LogP contribution is 2.11. The van der Waals surface area contributed by atoms with Gasteiger partial charge in [-0.1, -0.05) is 13.8 Å². The van der Waals surface area contributed by atoms with Crippen LogP contribution in [0.15, 0.2) is 18.3 Å². The van der Waals surface area contributed by atoms with Crippen LogP contribution in [0.1, 0.15) is 42.2 Å². The van der Waals surface area contributed by atoms with Gasteiger partial charge in [0.05, 0.1) is 18.3 Å². The van der Waals surface area contributed by atoms with E-state index in [2.05, 4.69) is 24.1 Å². The van der Waals surface area contributed by atoms with E-state index in [4.69, 9.17) is 4.74 Å². The highest BCUT2D eigenvalue weighted by Gasteiger charge is 2.08. The van der Waals surface area contributed by atoms with Crippen LogP contribution >= 0.6 is 0 Å². The van der Waals surface area contributed by atoms with Crippen LogP contribution in [0.4, 0.5) is 0 Å². The molecule has 1 heterocycles. The molecule has 1 aromatic heterocycles. The highest BCUT2D eigenvalue weighted by molar-refractivity contribution is 5.93. The molecular weight excluding hydrogens is 244 g/mol. The summed E-state index contributed by atoms with van der Waals surface area (Å²) in [4.78, 5) is 16.0. The molecule has 1 rings (SSSR count). The summed E-state index contributed by atoms with van der Waals surface area (Å²) in [6.07, 6.45) is 1.50. The predicted octanol–water partition coefficient (Wildman–Crippen LogP) is 1.33. The molecule has 0 saturated heterocycles. The third kappa shape index (κ3) is 5.36. The van der Waals surface area contributed by atoms with Crippen LogP contribution in [0.3, 0.4) is 0 Å². The van der Waals surface area contributed by atoms with Crippen molar-refractivity contribution in [2.24, 2.45) is 0 Å². The maximum absolute atomic E-state index is 11.8. The fourth-order valence-corrected chi connectivity index (χ4v) is 1.61. The number of aromatic nitrogens is 1. The van der Waals surface area contributed by atoms with Crippen molar-refractivity contribution in [1.82, 2.24) is 10.3 Å². The summed E-state index contributed by atoms with van der Waals surface area (Å²) in [7, 11) is 1.53. The lowest BCUT2D eigenvalue weighted by Crippen LogP contribution is -2.28. The molecular formula is C14H22N2O3. The normalized spacial score (nSPS) is 12.5. The van der Waals surface area contributed by atoms with Gasteiger partial charge < -0.3 is 15.2 Å². The molecule has 19 heavy (non-hydrogen) atoms. The van der Waals surface area contributed by atoms with Gasteiger partial charge in [0.15, 0.2) is 0 Å². The summed E-state index contributed by atoms with van der Waals surface area (Å²) in [6, 6.07) is 3.63. The summed E-state index contributed by atoms with van der Waals surface area (Å²) in [5.74, 6) is 0.175. The van der Waals surface area contributed by atoms with E-state index in [-0.39, 0.29) is 12.5 Å². The number of nitrogens with zero attached hydrogens (tertiary/aromatic N) is 1. The zero-order chi connectivity index (χ0) is 14.3. The average molecular weight is 266 g/mol. The predicted molar refractivity (Wildman–Crippen MR) is 73.2 cm³/mol. The Bertz CT molecular complexity index is 390. The number of hydrogen-bond donors (Lipinski definition) is 2. The Morgan fingerprint density at radius 3 is 2.74 bits per heavy atom. The zero-order valence-corrected chi connectivity index (χ0v) is 11.7. The number of aliphatic hydroxyl groups is 1. The molecule has 0 radical (unpaired) electrons. The zero-order valence-electron chi connectivity index (χ0n) is 11.7. The van der Waals surface area contributed by atoms with Crippen molar-refractivity contribution < 1.29 is 14.6 Å². The lowest BCUT2D eigenvalue weighted by molar-refractivity contribution is 0.0587. The fourth-order valence-electron chi connectivity index (χ4n) is 1.61. The minimum atomic E-state index is -0.549. The van der Waals surface area contributed by atoms with Crippen LogP contribution in [0.2, 0.25) is 0 Å². The number of nitrogens with one attached hydrogen (secondary N) is 1. The summed E-state index contributed by atoms with van der Waals surface area (Å²) in [5, 5.41) is 12.2. The second-order valence-electron chi connectivity index (χ2n) is 4.78. The SMILES string of the molecule is COCC(O)CCNC(=O)c1ccc(C(C)C)nc1. The summed E-state index contributed by atoms with van der Waals surface area (Å²) >= 11 is 0. The van der Waals surface area contributed by atoms with E-state index in [1.54, 1.807) is 12.3 Å². The number of carbonyl (C=O) groups is 1. The van der Waals surface area contributed by atoms with Crippen LogP contribution in [0.5, 0.6) is 0 Å². The summed E-state index contributed by atoms with van der Waals surface area (Å²) < 4.78 is 4.81. The van der Waals surface area contributed by atoms with Crippen LogP contribution in [0.25, 0.3) is 0 Å². The molecule has 2 N–H and O–H groups in total. The van der Waals surface area contributed by atoms with Gasteiger partial charge in [-0.15, -0.1) is 0 Å². The van der Waals surface area contributed by atoms with E-state index in [0.29, 0.717) is 24.4 Å². The van der Waals surface area contributed by atoms with Crippen LogP contribution in [-0.4, -0.2) is 42.4 Å². The first-order valence-electron chi connectivity index (χ1n) is 6.45. The largest absolute Gasteiger partial charge is 0.391 e. The molecule has 0 fully saturated rings. The smallest absolute Gasteiger partial charge is 0.252 e. The van der Waals surface area contributed by atoms with Gasteiger partial charge in [0.2, 0.25) is 0 Å². The summed E-state index contributed by atoms with van der Waals surface area (Å²) in [5.41, 5.74) is 1.50. The van der Waals surface area contributed by atoms with Gasteiger partial charge in [0.25, 0.3) is 5.91 Å². The Kier molecular flexibility index (Phi) is 6.45. The van der Waals surface area contributed by atoms with Gasteiger partial charge in [0.1, 0.15) is 0 Å². The molecule has 106 valence electrons. The Balaban J connectivity index is 2.41. The van der Waals surface area contributed by atoms with Crippen LogP contribution in [0, 0.1) is 0 Å². The number of pyridine rings is 1. The van der Waals surface area contributed by atoms with Gasteiger partial charge in [0, 0.05) is 25.5 Å². The number of amides is 1. The molecule has 1 unspecified atom stereocenters. The number of ether oxygens (including phenoxy) is 1. The Labute approximate surface area is 114 Å². The van der Waals surface area contributed by atoms with E-state index in [9.17, 15) is 9.90 Å². The van der Waals surface area contributed by atoms with Crippen molar-refractivity contribution in [3.8, 4) is 0 Å². The standard InChI is InChI=1S/C14H22N2O3/c1-10(2)13-5-4-11(8-16-13)14(18)15-7-6-12(17)9-19-3/h4-5,8,10,12,17H,6-7,9H2,1-3H3,(H,15,18). The average Bonchev–Trinajstić information content (AvgIpc) is 2.39. The third-order valence-electron chi connectivity index (χ3n) is 2.76. The second kappa shape index (κ2) is 7.86. The maximum atomic E-state index is 11.8. The molecule has 0 aliphatic rings. The molecule has 1 amide bonds. The first kappa shape index (κ1) is 15.6. The van der Waals surface area contributed by atoms with Crippen molar-refractivity contribution in [3.63, 3.8) is 0 Å².